The van der Waals surface area contributed by atoms with E-state index in [9.17, 15) is 25.7 Å². The van der Waals surface area contributed by atoms with Crippen molar-refractivity contribution >= 4 is 10.8 Å². The Hall–Kier alpha value is -3.05. The number of hydrogen-bond acceptors (Lipinski definition) is 6. The van der Waals surface area contributed by atoms with Gasteiger partial charge in [0.2, 0.25) is 11.8 Å². The van der Waals surface area contributed by atoms with Gasteiger partial charge in [-0.15, -0.1) is 0 Å². The van der Waals surface area contributed by atoms with Gasteiger partial charge in [0.05, 0.1) is 34.6 Å². The monoisotopic (exact) mass is 406 g/mol. The lowest BCUT2D eigenvalue weighted by Gasteiger charge is -2.28. The standard InChI is InChI=1S/C23H22N2O5/c1-2-23-17(27)11-22(30-23,9-10-26)18-19(23)21(29)25(20(18)28)16-8-7-13(12-24)14-5-3-4-6-15(14)16/h3-8,17,26-29H,2,9-11H2,1H3/t17-,22?,23?/m0/s1. The highest BCUT2D eigenvalue weighted by molar-refractivity contribution is 5.95. The maximum atomic E-state index is 11.3. The van der Waals surface area contributed by atoms with E-state index in [4.69, 9.17) is 4.74 Å². The van der Waals surface area contributed by atoms with Crippen LogP contribution < -0.4 is 0 Å². The third-order valence-electron chi connectivity index (χ3n) is 6.74. The Morgan fingerprint density at radius 3 is 2.50 bits per heavy atom. The molecule has 1 fully saturated rings. The number of hydrogen-bond donors (Lipinski definition) is 4. The van der Waals surface area contributed by atoms with Gasteiger partial charge >= 0.3 is 0 Å². The van der Waals surface area contributed by atoms with Crippen molar-refractivity contribution in [3.8, 4) is 23.5 Å². The van der Waals surface area contributed by atoms with Gasteiger partial charge in [-0.1, -0.05) is 31.2 Å². The second-order valence-corrected chi connectivity index (χ2v) is 8.06. The van der Waals surface area contributed by atoms with Gasteiger partial charge in [-0.3, -0.25) is 4.57 Å². The average molecular weight is 406 g/mol. The Morgan fingerprint density at radius 1 is 1.13 bits per heavy atom. The molecule has 154 valence electrons. The Balaban J connectivity index is 1.84. The van der Waals surface area contributed by atoms with E-state index in [0.717, 1.165) is 0 Å². The molecule has 0 radical (unpaired) electrons. The van der Waals surface area contributed by atoms with E-state index in [0.29, 0.717) is 39.6 Å². The maximum absolute atomic E-state index is 11.3. The summed E-state index contributed by atoms with van der Waals surface area (Å²) in [6, 6.07) is 12.8. The van der Waals surface area contributed by atoms with Gasteiger partial charge in [0.25, 0.3) is 0 Å². The lowest BCUT2D eigenvalue weighted by Crippen LogP contribution is -2.35. The fourth-order valence-corrected chi connectivity index (χ4v) is 5.43. The number of rotatable bonds is 4. The number of aromatic nitrogens is 1. The summed E-state index contributed by atoms with van der Waals surface area (Å²) in [5.74, 6) is -0.370. The molecule has 3 aromatic rings. The van der Waals surface area contributed by atoms with Crippen molar-refractivity contribution in [2.75, 3.05) is 6.61 Å². The van der Waals surface area contributed by atoms with E-state index >= 15 is 0 Å². The van der Waals surface area contributed by atoms with Crippen LogP contribution in [-0.4, -0.2) is 37.7 Å². The Morgan fingerprint density at radius 2 is 1.83 bits per heavy atom. The average Bonchev–Trinajstić information content (AvgIpc) is 3.31. The summed E-state index contributed by atoms with van der Waals surface area (Å²) < 4.78 is 7.60. The van der Waals surface area contributed by atoms with Gasteiger partial charge < -0.3 is 25.2 Å². The zero-order chi connectivity index (χ0) is 21.3. The number of fused-ring (bicyclic) bond motifs is 6. The summed E-state index contributed by atoms with van der Waals surface area (Å²) in [6.07, 6.45) is -0.0245. The second kappa shape index (κ2) is 6.22. The molecule has 7 nitrogen and oxygen atoms in total. The van der Waals surface area contributed by atoms with Crippen molar-refractivity contribution < 1.29 is 25.2 Å². The van der Waals surface area contributed by atoms with Crippen molar-refractivity contribution in [3.05, 3.63) is 53.1 Å². The lowest BCUT2D eigenvalue weighted by molar-refractivity contribution is -0.120. The molecule has 4 N–H and O–H groups in total. The molecular weight excluding hydrogens is 384 g/mol. The van der Waals surface area contributed by atoms with E-state index < -0.39 is 17.3 Å². The first-order valence-electron chi connectivity index (χ1n) is 10.0. The fourth-order valence-electron chi connectivity index (χ4n) is 5.43. The number of aliphatic hydroxyl groups is 2. The molecule has 2 unspecified atom stereocenters. The summed E-state index contributed by atoms with van der Waals surface area (Å²) in [4.78, 5) is 0. The quantitative estimate of drug-likeness (QED) is 0.529. The summed E-state index contributed by atoms with van der Waals surface area (Å²) in [7, 11) is 0. The van der Waals surface area contributed by atoms with Crippen molar-refractivity contribution in [1.82, 2.24) is 4.57 Å². The molecule has 2 bridgehead atoms. The molecule has 0 aliphatic carbocycles. The minimum Gasteiger partial charge on any atom is -0.494 e. The number of benzene rings is 2. The molecule has 5 rings (SSSR count). The topological polar surface area (TPSA) is 119 Å². The molecule has 2 aromatic carbocycles. The second-order valence-electron chi connectivity index (χ2n) is 8.06. The Kier molecular flexibility index (Phi) is 3.93. The predicted molar refractivity (Wildman–Crippen MR) is 108 cm³/mol. The summed E-state index contributed by atoms with van der Waals surface area (Å²) >= 11 is 0. The molecule has 2 aliphatic heterocycles. The molecule has 1 aromatic heterocycles. The van der Waals surface area contributed by atoms with Gasteiger partial charge in [-0.25, -0.2) is 0 Å². The normalized spacial score (nSPS) is 26.8. The number of nitrogens with zero attached hydrogens (tertiary/aromatic N) is 2. The molecule has 0 amide bonds. The van der Waals surface area contributed by atoms with E-state index in [1.165, 1.54) is 4.57 Å². The van der Waals surface area contributed by atoms with Crippen molar-refractivity contribution in [1.29, 1.82) is 5.26 Å². The molecule has 1 saturated heterocycles. The largest absolute Gasteiger partial charge is 0.494 e. The maximum Gasteiger partial charge on any atom is 0.205 e. The molecular formula is C23H22N2O5. The Labute approximate surface area is 173 Å². The highest BCUT2D eigenvalue weighted by Crippen LogP contribution is 2.66. The smallest absolute Gasteiger partial charge is 0.205 e. The number of aromatic hydroxyl groups is 2. The van der Waals surface area contributed by atoms with Crippen LogP contribution in [-0.2, 0) is 15.9 Å². The molecule has 7 heteroatoms. The van der Waals surface area contributed by atoms with Gasteiger partial charge in [0.1, 0.15) is 11.2 Å². The number of nitriles is 1. The number of aliphatic hydroxyl groups excluding tert-OH is 2. The van der Waals surface area contributed by atoms with Crippen LogP contribution in [0.3, 0.4) is 0 Å². The van der Waals surface area contributed by atoms with Crippen LogP contribution in [0, 0.1) is 11.3 Å². The van der Waals surface area contributed by atoms with Gasteiger partial charge in [0.15, 0.2) is 0 Å². The molecule has 2 aliphatic rings. The van der Waals surface area contributed by atoms with Crippen LogP contribution in [0.15, 0.2) is 36.4 Å². The van der Waals surface area contributed by atoms with E-state index in [1.807, 2.05) is 31.2 Å². The van der Waals surface area contributed by atoms with Crippen LogP contribution in [0.25, 0.3) is 16.5 Å². The van der Waals surface area contributed by atoms with Crippen LogP contribution >= 0.6 is 0 Å². The first-order valence-corrected chi connectivity index (χ1v) is 10.0. The van der Waals surface area contributed by atoms with Crippen molar-refractivity contribution in [2.24, 2.45) is 0 Å². The van der Waals surface area contributed by atoms with E-state index in [2.05, 4.69) is 6.07 Å². The summed E-state index contributed by atoms with van der Waals surface area (Å²) in [5.41, 5.74) is -0.381. The molecule has 0 spiro atoms. The SMILES string of the molecule is CCC12OC(CCO)(C[C@@H]1O)c1c2c(O)n(-c2ccc(C#N)c3ccccc23)c1O. The number of ether oxygens (including phenoxy) is 1. The molecule has 30 heavy (non-hydrogen) atoms. The van der Waals surface area contributed by atoms with Crippen LogP contribution in [0.5, 0.6) is 11.8 Å². The fraction of sp³-hybridized carbons (Fsp3) is 0.348. The predicted octanol–water partition coefficient (Wildman–Crippen LogP) is 2.89. The van der Waals surface area contributed by atoms with E-state index in [1.54, 1.807) is 12.1 Å². The molecule has 3 heterocycles. The van der Waals surface area contributed by atoms with Gasteiger partial charge in [0, 0.05) is 30.2 Å². The van der Waals surface area contributed by atoms with Crippen molar-refractivity contribution in [2.45, 2.75) is 43.5 Å². The zero-order valence-electron chi connectivity index (χ0n) is 16.5. The van der Waals surface area contributed by atoms with Crippen LogP contribution in [0.1, 0.15) is 42.9 Å². The van der Waals surface area contributed by atoms with Gasteiger partial charge in [-0.2, -0.15) is 5.26 Å². The summed E-state index contributed by atoms with van der Waals surface area (Å²) in [6.45, 7) is 1.68. The third-order valence-corrected chi connectivity index (χ3v) is 6.74. The van der Waals surface area contributed by atoms with Crippen LogP contribution in [0.4, 0.5) is 0 Å². The third kappa shape index (κ3) is 2.08. The van der Waals surface area contributed by atoms with Crippen molar-refractivity contribution in [3.63, 3.8) is 0 Å². The zero-order valence-corrected chi connectivity index (χ0v) is 16.5. The Bertz CT molecular complexity index is 1230. The van der Waals surface area contributed by atoms with Gasteiger partial charge in [-0.05, 0) is 18.6 Å². The highest BCUT2D eigenvalue weighted by Gasteiger charge is 2.67. The summed E-state index contributed by atoms with van der Waals surface area (Å²) in [5, 5.41) is 53.8. The van der Waals surface area contributed by atoms with Crippen LogP contribution in [0.2, 0.25) is 0 Å². The first-order chi connectivity index (χ1) is 14.4. The molecule has 0 saturated carbocycles. The highest BCUT2D eigenvalue weighted by atomic mass is 16.6. The first kappa shape index (κ1) is 18.9. The molecule has 3 atom stereocenters. The lowest BCUT2D eigenvalue weighted by atomic mass is 9.74. The van der Waals surface area contributed by atoms with E-state index in [-0.39, 0.29) is 31.2 Å². The minimum atomic E-state index is -1.14. The minimum absolute atomic E-state index is 0.173.